The Morgan fingerprint density at radius 2 is 0.689 bits per heavy atom. The van der Waals surface area contributed by atoms with E-state index in [1.807, 2.05) is 0 Å². The van der Waals surface area contributed by atoms with Crippen LogP contribution in [-0.4, -0.2) is 548 Å². The predicted octanol–water partition coefficient (Wildman–Crippen LogP) is -21.8. The Kier molecular flexibility index (Phi) is 40.7. The molecule has 8 aliphatic heterocycles. The monoisotopic (exact) mass is 1970 g/mol. The van der Waals surface area contributed by atoms with E-state index >= 15 is 0 Å². The number of amides is 6. The Morgan fingerprint density at radius 3 is 1.07 bits per heavy atom. The minimum atomic E-state index is -3.74. The van der Waals surface area contributed by atoms with E-state index in [1.54, 1.807) is 0 Å². The molecule has 0 spiro atoms. The molecule has 0 aromatic heterocycles. The summed E-state index contributed by atoms with van der Waals surface area (Å²) in [6.07, 6.45) is -90.7. The lowest BCUT2D eigenvalue weighted by Crippen LogP contribution is -2.72. The van der Waals surface area contributed by atoms with Gasteiger partial charge in [-0.1, -0.05) is 0 Å². The summed E-state index contributed by atoms with van der Waals surface area (Å²) in [4.78, 5) is 130. The van der Waals surface area contributed by atoms with Crippen molar-refractivity contribution in [3.05, 3.63) is 0 Å². The molecule has 61 heteroatoms. The number of ether oxygens (including phenoxy) is 16. The fraction of sp³-hybridized carbons (Fsp3) is 0.865. The number of hydrogen-bond donors (Lipinski definition) is 35. The van der Waals surface area contributed by atoms with E-state index in [1.165, 1.54) is 0 Å². The van der Waals surface area contributed by atoms with Gasteiger partial charge in [0.2, 0.25) is 35.9 Å². The predicted molar refractivity (Wildman–Crippen MR) is 415 cm³/mol. The zero-order chi connectivity index (χ0) is 101. The second-order valence-electron chi connectivity index (χ2n) is 33.3. The summed E-state index contributed by atoms with van der Waals surface area (Å²) < 4.78 is 93.2. The third kappa shape index (κ3) is 25.7. The van der Waals surface area contributed by atoms with Crippen LogP contribution >= 0.6 is 0 Å². The Morgan fingerprint density at radius 1 is 0.363 bits per heavy atom. The number of carboxylic acids is 4. The maximum atomic E-state index is 14.0. The lowest BCUT2D eigenvalue weighted by atomic mass is 9.87. The van der Waals surface area contributed by atoms with Crippen LogP contribution in [0.3, 0.4) is 0 Å². The third-order valence-electron chi connectivity index (χ3n) is 23.6. The minimum absolute atomic E-state index is 0.194. The van der Waals surface area contributed by atoms with Crippen molar-refractivity contribution in [1.29, 1.82) is 0 Å². The van der Waals surface area contributed by atoms with E-state index in [0.29, 0.717) is 0 Å². The molecule has 0 radical (unpaired) electrons. The number of aliphatic hydroxyl groups excluding tert-OH is 25. The lowest BCUT2D eigenvalue weighted by molar-refractivity contribution is -0.392. The van der Waals surface area contributed by atoms with Gasteiger partial charge in [0.1, 0.15) is 171 Å². The molecule has 8 heterocycles. The summed E-state index contributed by atoms with van der Waals surface area (Å²) in [6.45, 7) is -8.56. The zero-order valence-corrected chi connectivity index (χ0v) is 72.2. The van der Waals surface area contributed by atoms with Gasteiger partial charge in [0.15, 0.2) is 25.2 Å². The first-order chi connectivity index (χ1) is 63.3. The number of rotatable bonds is 45. The van der Waals surface area contributed by atoms with Gasteiger partial charge < -0.3 is 256 Å². The summed E-state index contributed by atoms with van der Waals surface area (Å²) >= 11 is 0. The largest absolute Gasteiger partial charge is 0.477 e. The van der Waals surface area contributed by atoms with E-state index in [0.717, 1.165) is 34.6 Å². The fourth-order valence-corrected chi connectivity index (χ4v) is 16.8. The minimum Gasteiger partial charge on any atom is -0.477 e. The number of carbonyl (C=O) groups excluding carboxylic acids is 6. The Bertz CT molecular complexity index is 3920. The SMILES string of the molecule is CC(=O)N[C@H]1[C@H](O[C@@H]2[C@H](O)[C@@H](O)[C@H](O[C@H]3[C@H](O)[C@@H](O)[C@H](OC[C@@H](CO)NC=O)O[C@@H]3CO)O[C@@H]2CO)O[C@H](CO[C@]2(C(=O)O)C[C@H](O)[C@@H](NC(C)=O)[C@H]([C@H](O)[C@@H](CO)O[C@]3(C(=O)O)C[C@H](O)[C@@H](NC(C)=O)[C@H]([C@H](O)[C@H](O)CO)O3)O2)[C@H](O)[C@@H]1O[C@@H]1O[C@H](CO)[C@H](O)[C@H](O[C@]2(C(=O)O)C[C@H](O)[C@@H](NC(C)=O)[C@H]([C@H](O)[C@@H](CO)O[C@]3(C(=O)O)C[C@H](O)[C@@H](NC(C)=O)[C@H]([C@H](O)[C@H](O)CO)O3)O2)[C@H]1O. The number of nitrogens with one attached hydrogen (secondary N) is 6. The standard InChI is InChI=1S/C74H120N6O55/c1-21(90)76-39-28(96)7-72(68(114)115,132-58(39)44(101)31(99)11-82)129-34(14-85)47(104)60-41(78-23(3)92)27(95)6-71(131-60,67(112)113)121-19-38-49(106)57(43(80-25(5)94)63(125-38)126-55-37(17-88)124-65(53(110)51(55)108)127-56-36(16-87)123-64(52(109)50(56)107)120-18-26(10-81)75-20-89)128-66-54(111)62(46(103)33(13-84)122-66)135-74(70(118)119)9-30(98)42(79-24(4)93)61(134-74)48(105)35(15-86)130-73(69(116)117)8-29(97)40(77-22(2)91)59(133-73)45(102)32(100)12-83/h20,26-66,81-88,95-111H,6-19H2,1-5H3,(H,75,89)(H,76,90)(H,77,91)(H,78,92)(H,79,93)(H,80,94)(H,112,113)(H,114,115)(H,116,117)(H,118,119)/t26-,27+,28+,29+,30+,31-,32-,33-,34-,35-,36-,37-,38-,39-,40-,41-,42-,43-,44-,45-,46+,47-,48-,49+,50-,51-,52-,53-,54-,55+,56-,57-,58-,59-,60-,61-,62+,63+,64-,65+,66+,71-,72-,73-,74+/m1/s1. The molecule has 776 valence electrons. The van der Waals surface area contributed by atoms with Gasteiger partial charge in [-0.15, -0.1) is 0 Å². The molecule has 0 saturated carbocycles. The maximum Gasteiger partial charge on any atom is 0.364 e. The van der Waals surface area contributed by atoms with Gasteiger partial charge in [0, 0.05) is 60.3 Å². The smallest absolute Gasteiger partial charge is 0.364 e. The molecule has 6 amide bonds. The van der Waals surface area contributed by atoms with Crippen molar-refractivity contribution >= 4 is 59.8 Å². The molecular weight excluding hydrogens is 1850 g/mol. The molecule has 0 aliphatic carbocycles. The molecule has 45 atom stereocenters. The van der Waals surface area contributed by atoms with E-state index in [2.05, 4.69) is 31.9 Å². The summed E-state index contributed by atoms with van der Waals surface area (Å²) in [7, 11) is 0. The molecule has 8 rings (SSSR count). The highest BCUT2D eigenvalue weighted by Gasteiger charge is 2.66. The van der Waals surface area contributed by atoms with E-state index in [-0.39, 0.29) is 6.41 Å². The van der Waals surface area contributed by atoms with Crippen molar-refractivity contribution in [3.63, 3.8) is 0 Å². The quantitative estimate of drug-likeness (QED) is 0.0252. The maximum absolute atomic E-state index is 14.0. The van der Waals surface area contributed by atoms with Crippen LogP contribution in [0.5, 0.6) is 0 Å². The first-order valence-electron chi connectivity index (χ1n) is 41.8. The highest BCUT2D eigenvalue weighted by molar-refractivity contribution is 5.79. The normalized spacial score (nSPS) is 41.1. The van der Waals surface area contributed by atoms with E-state index in [9.17, 15) is 196 Å². The van der Waals surface area contributed by atoms with Crippen molar-refractivity contribution in [3.8, 4) is 0 Å². The summed E-state index contributed by atoms with van der Waals surface area (Å²) in [5, 5.41) is 339. The number of aliphatic hydroxyl groups is 25. The number of aliphatic carboxylic acids is 4. The van der Waals surface area contributed by atoms with Crippen molar-refractivity contribution in [1.82, 2.24) is 31.9 Å². The number of carbonyl (C=O) groups is 10. The van der Waals surface area contributed by atoms with Crippen molar-refractivity contribution in [2.75, 3.05) is 66.1 Å². The van der Waals surface area contributed by atoms with Gasteiger partial charge in [-0.25, -0.2) is 19.2 Å². The molecule has 0 aromatic carbocycles. The fourth-order valence-electron chi connectivity index (χ4n) is 16.8. The van der Waals surface area contributed by atoms with Crippen molar-refractivity contribution in [2.45, 2.75) is 334 Å². The molecule has 8 fully saturated rings. The van der Waals surface area contributed by atoms with Crippen LogP contribution in [0.2, 0.25) is 0 Å². The van der Waals surface area contributed by atoms with Gasteiger partial charge in [-0.2, -0.15) is 0 Å². The number of hydrogen-bond acceptors (Lipinski definition) is 51. The molecule has 61 nitrogen and oxygen atoms in total. The van der Waals surface area contributed by atoms with Gasteiger partial charge in [-0.05, 0) is 0 Å². The lowest BCUT2D eigenvalue weighted by Gasteiger charge is -2.52. The van der Waals surface area contributed by atoms with Gasteiger partial charge in [0.25, 0.3) is 23.1 Å². The topological polar surface area (TPSA) is 977 Å². The third-order valence-corrected chi connectivity index (χ3v) is 23.6. The summed E-state index contributed by atoms with van der Waals surface area (Å²) in [6, 6.07) is -11.5. The van der Waals surface area contributed by atoms with Gasteiger partial charge in [-0.3, -0.25) is 28.8 Å². The van der Waals surface area contributed by atoms with Gasteiger partial charge >= 0.3 is 23.9 Å². The Balaban J connectivity index is 1.19. The van der Waals surface area contributed by atoms with Crippen LogP contribution in [0, 0.1) is 0 Å². The van der Waals surface area contributed by atoms with E-state index in [4.69, 9.17) is 75.8 Å². The van der Waals surface area contributed by atoms with Crippen LogP contribution in [0.25, 0.3) is 0 Å². The molecule has 0 unspecified atom stereocenters. The van der Waals surface area contributed by atoms with Crippen LogP contribution in [0.4, 0.5) is 0 Å². The first-order valence-corrected chi connectivity index (χ1v) is 41.8. The molecule has 8 aliphatic rings. The van der Waals surface area contributed by atoms with E-state index < -0.39 is 419 Å². The molecule has 0 bridgehead atoms. The molecular formula is C74H120N6O55. The van der Waals surface area contributed by atoms with Crippen LogP contribution < -0.4 is 31.9 Å². The first kappa shape index (κ1) is 113. The second kappa shape index (κ2) is 48.5. The number of carboxylic acid groups (broad SMARTS) is 4. The average molecular weight is 1970 g/mol. The summed E-state index contributed by atoms with van der Waals surface area (Å²) in [5.41, 5.74) is 0. The Labute approximate surface area is 761 Å². The molecule has 35 N–H and O–H groups in total. The van der Waals surface area contributed by atoms with Gasteiger partial charge in [0.05, 0.1) is 121 Å². The van der Waals surface area contributed by atoms with Crippen LogP contribution in [0.1, 0.15) is 60.3 Å². The van der Waals surface area contributed by atoms with Crippen LogP contribution in [-0.2, 0) is 124 Å². The molecule has 135 heavy (non-hydrogen) atoms. The Hall–Kier alpha value is -6.94. The van der Waals surface area contributed by atoms with Crippen molar-refractivity contribution in [2.24, 2.45) is 0 Å². The highest BCUT2D eigenvalue weighted by atomic mass is 16.8. The highest BCUT2D eigenvalue weighted by Crippen LogP contribution is 2.45. The zero-order valence-electron chi connectivity index (χ0n) is 72.2. The second-order valence-corrected chi connectivity index (χ2v) is 33.3. The van der Waals surface area contributed by atoms with Crippen molar-refractivity contribution < 1.29 is 272 Å². The molecule has 0 aromatic rings. The average Bonchev–Trinajstić information content (AvgIpc) is 0.746. The van der Waals surface area contributed by atoms with Crippen LogP contribution in [0.15, 0.2) is 0 Å². The molecule has 8 saturated heterocycles. The summed E-state index contributed by atoms with van der Waals surface area (Å²) in [5.74, 6) is -29.0.